The van der Waals surface area contributed by atoms with Crippen molar-refractivity contribution in [2.45, 2.75) is 31.7 Å². The van der Waals surface area contributed by atoms with E-state index in [9.17, 15) is 0 Å². The minimum Gasteiger partial charge on any atom is -0.317 e. The van der Waals surface area contributed by atoms with Crippen molar-refractivity contribution in [1.82, 2.24) is 5.32 Å². The molecule has 0 saturated carbocycles. The van der Waals surface area contributed by atoms with Gasteiger partial charge in [0.1, 0.15) is 0 Å². The number of benzene rings is 2. The fourth-order valence-electron chi connectivity index (χ4n) is 3.42. The quantitative estimate of drug-likeness (QED) is 0.872. The zero-order valence-corrected chi connectivity index (χ0v) is 13.7. The first-order valence-electron chi connectivity index (χ1n) is 8.08. The van der Waals surface area contributed by atoms with Crippen molar-refractivity contribution in [3.05, 3.63) is 48.0 Å². The third kappa shape index (κ3) is 3.81. The van der Waals surface area contributed by atoms with E-state index >= 15 is 0 Å². The number of nitrogens with one attached hydrogen (secondary N) is 1. The van der Waals surface area contributed by atoms with Crippen LogP contribution in [0, 0.1) is 5.92 Å². The maximum atomic E-state index is 3.56. The van der Waals surface area contributed by atoms with Gasteiger partial charge in [-0.1, -0.05) is 42.5 Å². The molecule has 3 rings (SSSR count). The molecule has 2 heteroatoms. The van der Waals surface area contributed by atoms with E-state index in [-0.39, 0.29) is 0 Å². The van der Waals surface area contributed by atoms with Crippen molar-refractivity contribution in [3.63, 3.8) is 0 Å². The highest BCUT2D eigenvalue weighted by atomic mass is 32.2. The van der Waals surface area contributed by atoms with Crippen LogP contribution in [0.25, 0.3) is 10.8 Å². The predicted octanol–water partition coefficient (Wildman–Crippen LogP) is 4.50. The molecule has 0 aromatic heterocycles. The molecule has 1 nitrogen and oxygen atoms in total. The average molecular weight is 299 g/mol. The molecule has 0 bridgehead atoms. The highest BCUT2D eigenvalue weighted by Crippen LogP contribution is 2.28. The van der Waals surface area contributed by atoms with E-state index in [0.29, 0.717) is 6.04 Å². The molecule has 1 saturated heterocycles. The van der Waals surface area contributed by atoms with Gasteiger partial charge in [0.2, 0.25) is 0 Å². The van der Waals surface area contributed by atoms with Crippen molar-refractivity contribution in [3.8, 4) is 0 Å². The molecule has 1 N–H and O–H groups in total. The maximum Gasteiger partial charge on any atom is 0.0107 e. The molecular formula is C19H25NS. The van der Waals surface area contributed by atoms with Crippen LogP contribution in [-0.4, -0.2) is 24.6 Å². The van der Waals surface area contributed by atoms with E-state index in [1.807, 2.05) is 0 Å². The summed E-state index contributed by atoms with van der Waals surface area (Å²) in [5.41, 5.74) is 1.48. The van der Waals surface area contributed by atoms with Crippen LogP contribution in [0.3, 0.4) is 0 Å². The summed E-state index contributed by atoms with van der Waals surface area (Å²) >= 11 is 2.12. The molecule has 0 amide bonds. The third-order valence-electron chi connectivity index (χ3n) is 4.71. The molecule has 1 aliphatic heterocycles. The minimum absolute atomic E-state index is 0.601. The number of likely N-dealkylation sites (N-methyl/N-ethyl adjacent to an activating group) is 1. The Kier molecular flexibility index (Phi) is 5.21. The number of rotatable bonds is 5. The second kappa shape index (κ2) is 7.33. The van der Waals surface area contributed by atoms with Gasteiger partial charge in [0.15, 0.2) is 0 Å². The van der Waals surface area contributed by atoms with Crippen LogP contribution in [0.2, 0.25) is 0 Å². The molecule has 1 aliphatic rings. The summed E-state index contributed by atoms with van der Waals surface area (Å²) in [6, 6.07) is 16.1. The number of thioether (sulfide) groups is 1. The first kappa shape index (κ1) is 14.9. The molecule has 1 atom stereocenters. The Labute approximate surface area is 132 Å². The fraction of sp³-hybridized carbons (Fsp3) is 0.474. The molecule has 21 heavy (non-hydrogen) atoms. The van der Waals surface area contributed by atoms with Crippen LogP contribution in [0.15, 0.2) is 42.5 Å². The Morgan fingerprint density at radius 1 is 1.10 bits per heavy atom. The summed E-state index contributed by atoms with van der Waals surface area (Å²) in [6.07, 6.45) is 5.26. The summed E-state index contributed by atoms with van der Waals surface area (Å²) in [6.45, 7) is 0. The Morgan fingerprint density at radius 2 is 1.86 bits per heavy atom. The van der Waals surface area contributed by atoms with E-state index in [1.54, 1.807) is 0 Å². The molecule has 0 radical (unpaired) electrons. The second-order valence-corrected chi connectivity index (χ2v) is 7.34. The van der Waals surface area contributed by atoms with E-state index < -0.39 is 0 Å². The Hall–Kier alpha value is -0.990. The molecule has 2 aromatic carbocycles. The van der Waals surface area contributed by atoms with E-state index in [2.05, 4.69) is 66.6 Å². The van der Waals surface area contributed by atoms with Gasteiger partial charge in [0.25, 0.3) is 0 Å². The normalized spacial score (nSPS) is 18.0. The lowest BCUT2D eigenvalue weighted by Crippen LogP contribution is -2.31. The Bertz CT molecular complexity index is 569. The van der Waals surface area contributed by atoms with Crippen LogP contribution >= 0.6 is 11.8 Å². The van der Waals surface area contributed by atoms with E-state index in [1.165, 1.54) is 47.1 Å². The van der Waals surface area contributed by atoms with Gasteiger partial charge in [-0.2, -0.15) is 11.8 Å². The fourth-order valence-corrected chi connectivity index (χ4v) is 4.63. The molecule has 0 spiro atoms. The van der Waals surface area contributed by atoms with Gasteiger partial charge >= 0.3 is 0 Å². The van der Waals surface area contributed by atoms with E-state index in [0.717, 1.165) is 12.3 Å². The lowest BCUT2D eigenvalue weighted by Gasteiger charge is -2.26. The summed E-state index contributed by atoms with van der Waals surface area (Å²) in [4.78, 5) is 0. The van der Waals surface area contributed by atoms with Crippen molar-refractivity contribution in [2.24, 2.45) is 5.92 Å². The lowest BCUT2D eigenvalue weighted by molar-refractivity contribution is 0.376. The number of fused-ring (bicyclic) bond motifs is 1. The van der Waals surface area contributed by atoms with Crippen LogP contribution in [0.1, 0.15) is 24.8 Å². The van der Waals surface area contributed by atoms with Gasteiger partial charge in [-0.3, -0.25) is 0 Å². The zero-order chi connectivity index (χ0) is 14.5. The number of hydrogen-bond acceptors (Lipinski definition) is 2. The topological polar surface area (TPSA) is 12.0 Å². The van der Waals surface area contributed by atoms with Crippen LogP contribution in [0.4, 0.5) is 0 Å². The maximum absolute atomic E-state index is 3.56. The van der Waals surface area contributed by atoms with Crippen LogP contribution < -0.4 is 5.32 Å². The molecular weight excluding hydrogens is 274 g/mol. The highest BCUT2D eigenvalue weighted by Gasteiger charge is 2.19. The minimum atomic E-state index is 0.601. The van der Waals surface area contributed by atoms with Crippen LogP contribution in [0.5, 0.6) is 0 Å². The van der Waals surface area contributed by atoms with Gasteiger partial charge in [-0.05, 0) is 66.5 Å². The van der Waals surface area contributed by atoms with Crippen molar-refractivity contribution in [1.29, 1.82) is 0 Å². The van der Waals surface area contributed by atoms with Gasteiger partial charge in [0, 0.05) is 6.04 Å². The standard InChI is InChI=1S/C19H25NS/c1-20-18(13-15-9-11-21-12-10-15)14-17-7-4-6-16-5-2-3-8-19(16)17/h2-8,15,18,20H,9-14H2,1H3. The summed E-state index contributed by atoms with van der Waals surface area (Å²) in [5, 5.41) is 6.33. The van der Waals surface area contributed by atoms with Crippen molar-refractivity contribution >= 4 is 22.5 Å². The molecule has 1 unspecified atom stereocenters. The van der Waals surface area contributed by atoms with Gasteiger partial charge in [-0.25, -0.2) is 0 Å². The third-order valence-corrected chi connectivity index (χ3v) is 5.76. The van der Waals surface area contributed by atoms with Gasteiger partial charge in [-0.15, -0.1) is 0 Å². The first-order valence-corrected chi connectivity index (χ1v) is 9.24. The van der Waals surface area contributed by atoms with Gasteiger partial charge in [0.05, 0.1) is 0 Å². The summed E-state index contributed by atoms with van der Waals surface area (Å²) < 4.78 is 0. The van der Waals surface area contributed by atoms with E-state index in [4.69, 9.17) is 0 Å². The largest absolute Gasteiger partial charge is 0.317 e. The first-order chi connectivity index (χ1) is 10.4. The SMILES string of the molecule is CNC(Cc1cccc2ccccc12)CC1CCSCC1. The molecule has 2 aromatic rings. The summed E-state index contributed by atoms with van der Waals surface area (Å²) in [7, 11) is 2.12. The lowest BCUT2D eigenvalue weighted by atomic mass is 9.90. The monoisotopic (exact) mass is 299 g/mol. The average Bonchev–Trinajstić information content (AvgIpc) is 2.55. The Balaban J connectivity index is 1.72. The van der Waals surface area contributed by atoms with Gasteiger partial charge < -0.3 is 5.32 Å². The van der Waals surface area contributed by atoms with Crippen molar-refractivity contribution in [2.75, 3.05) is 18.6 Å². The number of hydrogen-bond donors (Lipinski definition) is 1. The smallest absolute Gasteiger partial charge is 0.0107 e. The Morgan fingerprint density at radius 3 is 2.67 bits per heavy atom. The highest BCUT2D eigenvalue weighted by molar-refractivity contribution is 7.99. The van der Waals surface area contributed by atoms with Crippen LogP contribution in [-0.2, 0) is 6.42 Å². The molecule has 1 fully saturated rings. The zero-order valence-electron chi connectivity index (χ0n) is 12.8. The second-order valence-electron chi connectivity index (χ2n) is 6.12. The summed E-state index contributed by atoms with van der Waals surface area (Å²) in [5.74, 6) is 3.63. The molecule has 0 aliphatic carbocycles. The predicted molar refractivity (Wildman–Crippen MR) is 95.2 cm³/mol. The van der Waals surface area contributed by atoms with Crippen molar-refractivity contribution < 1.29 is 0 Å². The molecule has 112 valence electrons. The molecule has 1 heterocycles.